The van der Waals surface area contributed by atoms with Crippen molar-refractivity contribution in [1.82, 2.24) is 9.80 Å². The van der Waals surface area contributed by atoms with Crippen LogP contribution in [0.1, 0.15) is 66.2 Å². The number of aliphatic hydroxyl groups is 1. The van der Waals surface area contributed by atoms with Crippen molar-refractivity contribution in [2.24, 2.45) is 17.8 Å². The summed E-state index contributed by atoms with van der Waals surface area (Å²) in [6, 6.07) is -1.55. The van der Waals surface area contributed by atoms with E-state index < -0.39 is 41.1 Å². The van der Waals surface area contributed by atoms with Gasteiger partial charge in [-0.2, -0.15) is 0 Å². The summed E-state index contributed by atoms with van der Waals surface area (Å²) in [5.41, 5.74) is -2.12. The van der Waals surface area contributed by atoms with Crippen LogP contribution in [0.15, 0.2) is 12.7 Å². The highest BCUT2D eigenvalue weighted by atomic mass is 16.5. The molecule has 2 amide bonds. The minimum atomic E-state index is -1.18. The molecule has 8 nitrogen and oxygen atoms in total. The Morgan fingerprint density at radius 1 is 1.30 bits per heavy atom. The van der Waals surface area contributed by atoms with Gasteiger partial charge in [0, 0.05) is 13.1 Å². The molecule has 3 aliphatic heterocycles. The molecule has 0 aliphatic carbocycles. The molecule has 2 N–H and O–H groups in total. The third-order valence-electron chi connectivity index (χ3n) is 8.13. The van der Waals surface area contributed by atoms with Crippen molar-refractivity contribution in [3.8, 4) is 0 Å². The smallest absolute Gasteiger partial charge is 0.310 e. The molecule has 2 bridgehead atoms. The fourth-order valence-corrected chi connectivity index (χ4v) is 6.46. The highest BCUT2D eigenvalue weighted by Gasteiger charge is 2.79. The van der Waals surface area contributed by atoms with Crippen LogP contribution in [-0.4, -0.2) is 80.8 Å². The van der Waals surface area contributed by atoms with Gasteiger partial charge in [0.2, 0.25) is 11.8 Å². The fraction of sp³-hybridized carbons (Fsp3) is 0.800. The summed E-state index contributed by atoms with van der Waals surface area (Å²) < 4.78 is 6.56. The molecule has 0 aromatic heterocycles. The Balaban J connectivity index is 2.11. The number of hydrogen-bond donors (Lipinski definition) is 2. The average Bonchev–Trinajstić information content (AvgIpc) is 3.37. The van der Waals surface area contributed by atoms with Crippen LogP contribution in [0.2, 0.25) is 0 Å². The van der Waals surface area contributed by atoms with E-state index in [0.717, 1.165) is 19.3 Å². The number of hydrogen-bond acceptors (Lipinski definition) is 5. The van der Waals surface area contributed by atoms with Crippen molar-refractivity contribution in [1.29, 1.82) is 0 Å². The molecule has 33 heavy (non-hydrogen) atoms. The lowest BCUT2D eigenvalue weighted by atomic mass is 9.65. The number of amides is 2. The molecule has 6 atom stereocenters. The van der Waals surface area contributed by atoms with Gasteiger partial charge < -0.3 is 24.7 Å². The van der Waals surface area contributed by atoms with E-state index in [1.54, 1.807) is 11.0 Å². The number of unbranched alkanes of at least 4 members (excludes halogenated alkanes) is 2. The second-order valence-electron chi connectivity index (χ2n) is 10.2. The molecule has 3 fully saturated rings. The van der Waals surface area contributed by atoms with Gasteiger partial charge >= 0.3 is 5.97 Å². The first-order valence-corrected chi connectivity index (χ1v) is 12.4. The molecule has 8 heteroatoms. The first kappa shape index (κ1) is 25.7. The largest absolute Gasteiger partial charge is 0.481 e. The van der Waals surface area contributed by atoms with Crippen molar-refractivity contribution >= 4 is 17.8 Å². The molecule has 186 valence electrons. The average molecular weight is 465 g/mol. The maximum atomic E-state index is 14.1. The van der Waals surface area contributed by atoms with E-state index in [1.165, 1.54) is 4.90 Å². The quantitative estimate of drug-likeness (QED) is 0.339. The van der Waals surface area contributed by atoms with E-state index in [0.29, 0.717) is 32.4 Å². The number of fused-ring (bicyclic) bond motifs is 1. The summed E-state index contributed by atoms with van der Waals surface area (Å²) in [4.78, 5) is 43.6. The van der Waals surface area contributed by atoms with Gasteiger partial charge in [0.15, 0.2) is 0 Å². The third-order valence-corrected chi connectivity index (χ3v) is 8.13. The van der Waals surface area contributed by atoms with Gasteiger partial charge in [-0.15, -0.1) is 6.58 Å². The van der Waals surface area contributed by atoms with Gasteiger partial charge in [0.1, 0.15) is 17.6 Å². The van der Waals surface area contributed by atoms with Gasteiger partial charge in [0.05, 0.1) is 24.2 Å². The number of likely N-dealkylation sites (tertiary alicyclic amines) is 1. The number of carboxylic acid groups (broad SMARTS) is 1. The Labute approximate surface area is 196 Å². The number of ether oxygens (including phenoxy) is 1. The maximum Gasteiger partial charge on any atom is 0.310 e. The van der Waals surface area contributed by atoms with Crippen LogP contribution < -0.4 is 0 Å². The molecular weight excluding hydrogens is 424 g/mol. The van der Waals surface area contributed by atoms with Crippen molar-refractivity contribution in [2.75, 3.05) is 19.7 Å². The maximum absolute atomic E-state index is 14.1. The van der Waals surface area contributed by atoms with E-state index in [-0.39, 0.29) is 24.3 Å². The molecule has 3 saturated heterocycles. The lowest BCUT2D eigenvalue weighted by Gasteiger charge is -2.40. The first-order valence-electron chi connectivity index (χ1n) is 12.4. The van der Waals surface area contributed by atoms with Gasteiger partial charge in [-0.1, -0.05) is 46.6 Å². The zero-order chi connectivity index (χ0) is 24.6. The zero-order valence-corrected chi connectivity index (χ0v) is 20.5. The summed E-state index contributed by atoms with van der Waals surface area (Å²) in [6.45, 7) is 12.1. The van der Waals surface area contributed by atoms with Crippen LogP contribution in [0.25, 0.3) is 0 Å². The number of aliphatic hydroxyl groups excluding tert-OH is 1. The Hall–Kier alpha value is -1.93. The van der Waals surface area contributed by atoms with Crippen LogP contribution in [-0.2, 0) is 19.1 Å². The number of carbonyl (C=O) groups excluding carboxylic acids is 2. The summed E-state index contributed by atoms with van der Waals surface area (Å²) in [5, 5.41) is 20.3. The van der Waals surface area contributed by atoms with Crippen LogP contribution >= 0.6 is 0 Å². The summed E-state index contributed by atoms with van der Waals surface area (Å²) in [5.74, 6) is -3.71. The van der Waals surface area contributed by atoms with E-state index in [4.69, 9.17) is 4.74 Å². The first-order chi connectivity index (χ1) is 15.7. The summed E-state index contributed by atoms with van der Waals surface area (Å²) in [7, 11) is 0. The molecule has 0 aromatic carbocycles. The number of nitrogens with zero attached hydrogens (tertiary/aromatic N) is 2. The van der Waals surface area contributed by atoms with Crippen molar-refractivity contribution in [3.05, 3.63) is 12.7 Å². The lowest BCUT2D eigenvalue weighted by Crippen LogP contribution is -2.59. The molecule has 0 aromatic rings. The Morgan fingerprint density at radius 2 is 2.00 bits per heavy atom. The molecule has 3 rings (SSSR count). The van der Waals surface area contributed by atoms with E-state index >= 15 is 0 Å². The number of carbonyl (C=O) groups is 3. The molecule has 0 radical (unpaired) electrons. The minimum Gasteiger partial charge on any atom is -0.481 e. The molecular formula is C25H40N2O6. The van der Waals surface area contributed by atoms with E-state index in [1.807, 2.05) is 20.8 Å². The lowest BCUT2D eigenvalue weighted by molar-refractivity contribution is -0.161. The van der Waals surface area contributed by atoms with Gasteiger partial charge in [0.25, 0.3) is 0 Å². The number of aliphatic carboxylic acids is 1. The standard InChI is InChI=1S/C25H40N2O6/c1-6-9-10-14-26(13-7-2)22(30)20-25-12-11-24(8-3,33-25)19(23(31)32)18(25)21(29)27(20)17(15-28)16(4)5/h7,16-20,28H,2,6,8-15H2,1,3-5H3,(H,31,32)/t17-,18-,19+,20?,24-,25?/m0/s1. The summed E-state index contributed by atoms with van der Waals surface area (Å²) >= 11 is 0. The normalized spacial score (nSPS) is 33.5. The van der Waals surface area contributed by atoms with E-state index in [2.05, 4.69) is 13.5 Å². The van der Waals surface area contributed by atoms with Crippen molar-refractivity contribution in [3.63, 3.8) is 0 Å². The molecule has 1 spiro atoms. The van der Waals surface area contributed by atoms with E-state index in [9.17, 15) is 24.6 Å². The third kappa shape index (κ3) is 3.89. The molecule has 3 heterocycles. The molecule has 0 saturated carbocycles. The van der Waals surface area contributed by atoms with Gasteiger partial charge in [-0.3, -0.25) is 14.4 Å². The van der Waals surface area contributed by atoms with Crippen molar-refractivity contribution < 1.29 is 29.3 Å². The SMILES string of the molecule is C=CCN(CCCCC)C(=O)C1N([C@@H](CO)C(C)C)C(=O)[C@@H]2[C@H](C(=O)O)[C@]3(CC)CCC12O3. The Kier molecular flexibility index (Phi) is 7.58. The number of rotatable bonds is 12. The zero-order valence-electron chi connectivity index (χ0n) is 20.5. The van der Waals surface area contributed by atoms with Crippen LogP contribution in [0, 0.1) is 17.8 Å². The molecule has 3 aliphatic rings. The molecule has 2 unspecified atom stereocenters. The highest BCUT2D eigenvalue weighted by Crippen LogP contribution is 2.64. The fourth-order valence-electron chi connectivity index (χ4n) is 6.46. The van der Waals surface area contributed by atoms with Crippen LogP contribution in [0.5, 0.6) is 0 Å². The van der Waals surface area contributed by atoms with Crippen molar-refractivity contribution in [2.45, 2.75) is 89.5 Å². The monoisotopic (exact) mass is 464 g/mol. The van der Waals surface area contributed by atoms with Gasteiger partial charge in [-0.05, 0) is 31.6 Å². The summed E-state index contributed by atoms with van der Waals surface area (Å²) in [6.07, 6.45) is 5.93. The number of carboxylic acids is 1. The topological polar surface area (TPSA) is 107 Å². The Morgan fingerprint density at radius 3 is 2.52 bits per heavy atom. The highest BCUT2D eigenvalue weighted by molar-refractivity contribution is 5.98. The second kappa shape index (κ2) is 9.74. The van der Waals surface area contributed by atoms with Crippen LogP contribution in [0.3, 0.4) is 0 Å². The van der Waals surface area contributed by atoms with Gasteiger partial charge in [-0.25, -0.2) is 0 Å². The predicted molar refractivity (Wildman–Crippen MR) is 123 cm³/mol. The second-order valence-corrected chi connectivity index (χ2v) is 10.2. The Bertz CT molecular complexity index is 785. The predicted octanol–water partition coefficient (Wildman–Crippen LogP) is 2.45. The van der Waals surface area contributed by atoms with Crippen LogP contribution in [0.4, 0.5) is 0 Å². The minimum absolute atomic E-state index is 0.113.